The third kappa shape index (κ3) is 2.67. The van der Waals surface area contributed by atoms with Crippen LogP contribution in [0.4, 0.5) is 0 Å². The number of nitrogens with one attached hydrogen (secondary N) is 1. The van der Waals surface area contributed by atoms with Crippen molar-refractivity contribution in [1.82, 2.24) is 14.9 Å². The van der Waals surface area contributed by atoms with Gasteiger partial charge in [0.25, 0.3) is 5.91 Å². The van der Waals surface area contributed by atoms with E-state index in [9.17, 15) is 9.90 Å². The summed E-state index contributed by atoms with van der Waals surface area (Å²) in [6.07, 6.45) is 3.75. The van der Waals surface area contributed by atoms with Crippen LogP contribution in [0, 0.1) is 5.41 Å². The molecular weight excluding hydrogens is 302 g/mol. The standard InChI is InChI=1S/C19H19N3O2/c23-12-19(9-10-19)11-20-18(24)14-5-7-15(8-6-14)22-13-21-16-3-1-2-4-17(16)22/h1-8,13,23H,9-12H2,(H,20,24). The zero-order chi connectivity index (χ0) is 16.6. The van der Waals surface area contributed by atoms with E-state index in [1.807, 2.05) is 53.1 Å². The lowest BCUT2D eigenvalue weighted by atomic mass is 10.1. The van der Waals surface area contributed by atoms with E-state index in [1.54, 1.807) is 6.33 Å². The fourth-order valence-electron chi connectivity index (χ4n) is 2.88. The van der Waals surface area contributed by atoms with Crippen LogP contribution >= 0.6 is 0 Å². The van der Waals surface area contributed by atoms with E-state index >= 15 is 0 Å². The molecule has 0 aliphatic heterocycles. The molecule has 3 aromatic rings. The first-order valence-electron chi connectivity index (χ1n) is 8.12. The van der Waals surface area contributed by atoms with Gasteiger partial charge in [-0.3, -0.25) is 9.36 Å². The minimum atomic E-state index is -0.100. The third-order valence-electron chi connectivity index (χ3n) is 4.78. The van der Waals surface area contributed by atoms with E-state index in [0.717, 1.165) is 29.6 Å². The number of hydrogen-bond acceptors (Lipinski definition) is 3. The number of nitrogens with zero attached hydrogens (tertiary/aromatic N) is 2. The van der Waals surface area contributed by atoms with Gasteiger partial charge in [0.2, 0.25) is 0 Å². The summed E-state index contributed by atoms with van der Waals surface area (Å²) < 4.78 is 2.00. The zero-order valence-electron chi connectivity index (χ0n) is 13.3. The minimum Gasteiger partial charge on any atom is -0.396 e. The lowest BCUT2D eigenvalue weighted by molar-refractivity contribution is 0.0935. The third-order valence-corrected chi connectivity index (χ3v) is 4.78. The molecule has 1 aliphatic rings. The predicted octanol–water partition coefficient (Wildman–Crippen LogP) is 2.53. The minimum absolute atomic E-state index is 0.0780. The highest BCUT2D eigenvalue weighted by Gasteiger charge is 2.42. The Kier molecular flexibility index (Phi) is 3.58. The van der Waals surface area contributed by atoms with E-state index in [0.29, 0.717) is 12.1 Å². The van der Waals surface area contributed by atoms with Gasteiger partial charge >= 0.3 is 0 Å². The van der Waals surface area contributed by atoms with Gasteiger partial charge in [-0.1, -0.05) is 12.1 Å². The molecule has 1 aromatic heterocycles. The molecular formula is C19H19N3O2. The van der Waals surface area contributed by atoms with Gasteiger partial charge in [0.1, 0.15) is 6.33 Å². The van der Waals surface area contributed by atoms with Crippen LogP contribution in [-0.4, -0.2) is 33.7 Å². The normalized spacial score (nSPS) is 15.4. The summed E-state index contributed by atoms with van der Waals surface area (Å²) >= 11 is 0. The van der Waals surface area contributed by atoms with Crippen LogP contribution in [0.5, 0.6) is 0 Å². The van der Waals surface area contributed by atoms with Crippen LogP contribution in [0.25, 0.3) is 16.7 Å². The second-order valence-corrected chi connectivity index (χ2v) is 6.49. The van der Waals surface area contributed by atoms with E-state index < -0.39 is 0 Å². The predicted molar refractivity (Wildman–Crippen MR) is 92.2 cm³/mol. The quantitative estimate of drug-likeness (QED) is 0.759. The molecule has 0 spiro atoms. The summed E-state index contributed by atoms with van der Waals surface area (Å²) in [7, 11) is 0. The Morgan fingerprint density at radius 1 is 1.17 bits per heavy atom. The maximum atomic E-state index is 12.2. The molecule has 0 radical (unpaired) electrons. The van der Waals surface area contributed by atoms with E-state index in [1.165, 1.54) is 0 Å². The number of benzene rings is 2. The van der Waals surface area contributed by atoms with Gasteiger partial charge in [-0.15, -0.1) is 0 Å². The Morgan fingerprint density at radius 2 is 1.92 bits per heavy atom. The highest BCUT2D eigenvalue weighted by molar-refractivity contribution is 5.94. The first-order valence-corrected chi connectivity index (χ1v) is 8.12. The maximum Gasteiger partial charge on any atom is 0.251 e. The van der Waals surface area contributed by atoms with Crippen LogP contribution in [0.2, 0.25) is 0 Å². The number of hydrogen-bond donors (Lipinski definition) is 2. The second kappa shape index (κ2) is 5.76. The van der Waals surface area contributed by atoms with Crippen LogP contribution in [0.3, 0.4) is 0 Å². The summed E-state index contributed by atoms with van der Waals surface area (Å²) in [5.41, 5.74) is 3.49. The fraction of sp³-hybridized carbons (Fsp3) is 0.263. The Hall–Kier alpha value is -2.66. The summed E-state index contributed by atoms with van der Waals surface area (Å²) in [6, 6.07) is 15.4. The van der Waals surface area contributed by atoms with Gasteiger partial charge in [-0.25, -0.2) is 4.98 Å². The molecule has 2 N–H and O–H groups in total. The van der Waals surface area contributed by atoms with Crippen molar-refractivity contribution in [3.8, 4) is 5.69 Å². The number of carbonyl (C=O) groups excluding carboxylic acids is 1. The molecule has 1 amide bonds. The Bertz CT molecular complexity index is 879. The fourth-order valence-corrected chi connectivity index (χ4v) is 2.88. The summed E-state index contributed by atoms with van der Waals surface area (Å²) in [5.74, 6) is -0.100. The van der Waals surface area contributed by atoms with Crippen LogP contribution in [-0.2, 0) is 0 Å². The first kappa shape index (κ1) is 14.9. The molecule has 0 saturated heterocycles. The zero-order valence-corrected chi connectivity index (χ0v) is 13.3. The highest BCUT2D eigenvalue weighted by atomic mass is 16.3. The van der Waals surface area contributed by atoms with Crippen molar-refractivity contribution in [3.63, 3.8) is 0 Å². The van der Waals surface area contributed by atoms with Gasteiger partial charge in [-0.2, -0.15) is 0 Å². The number of aromatic nitrogens is 2. The Morgan fingerprint density at radius 3 is 2.62 bits per heavy atom. The van der Waals surface area contributed by atoms with Crippen molar-refractivity contribution in [2.45, 2.75) is 12.8 Å². The van der Waals surface area contributed by atoms with Crippen LogP contribution in [0.15, 0.2) is 54.9 Å². The molecule has 0 unspecified atom stereocenters. The molecule has 1 aliphatic carbocycles. The molecule has 4 rings (SSSR count). The molecule has 1 fully saturated rings. The average molecular weight is 321 g/mol. The number of para-hydroxylation sites is 2. The highest BCUT2D eigenvalue weighted by Crippen LogP contribution is 2.44. The monoisotopic (exact) mass is 321 g/mol. The molecule has 5 heteroatoms. The van der Waals surface area contributed by atoms with Gasteiger partial charge in [-0.05, 0) is 49.2 Å². The van der Waals surface area contributed by atoms with Crippen molar-refractivity contribution in [2.75, 3.05) is 13.2 Å². The molecule has 1 saturated carbocycles. The number of amides is 1. The molecule has 5 nitrogen and oxygen atoms in total. The van der Waals surface area contributed by atoms with Crippen molar-refractivity contribution in [1.29, 1.82) is 0 Å². The van der Waals surface area contributed by atoms with E-state index in [4.69, 9.17) is 0 Å². The van der Waals surface area contributed by atoms with Crippen LogP contribution in [0.1, 0.15) is 23.2 Å². The Balaban J connectivity index is 1.51. The molecule has 0 atom stereocenters. The number of rotatable bonds is 5. The van der Waals surface area contributed by atoms with Gasteiger partial charge < -0.3 is 10.4 Å². The topological polar surface area (TPSA) is 67.2 Å². The number of fused-ring (bicyclic) bond motifs is 1. The lowest BCUT2D eigenvalue weighted by Gasteiger charge is -2.13. The lowest BCUT2D eigenvalue weighted by Crippen LogP contribution is -2.31. The molecule has 122 valence electrons. The maximum absolute atomic E-state index is 12.2. The average Bonchev–Trinajstić information content (AvgIpc) is 3.30. The number of aliphatic hydroxyl groups excluding tert-OH is 1. The molecule has 24 heavy (non-hydrogen) atoms. The largest absolute Gasteiger partial charge is 0.396 e. The van der Waals surface area contributed by atoms with Crippen LogP contribution < -0.4 is 5.32 Å². The van der Waals surface area contributed by atoms with E-state index in [-0.39, 0.29) is 17.9 Å². The van der Waals surface area contributed by atoms with Crippen molar-refractivity contribution in [3.05, 3.63) is 60.4 Å². The van der Waals surface area contributed by atoms with Crippen molar-refractivity contribution >= 4 is 16.9 Å². The molecule has 2 aromatic carbocycles. The number of imidazole rings is 1. The second-order valence-electron chi connectivity index (χ2n) is 6.49. The van der Waals surface area contributed by atoms with Crippen molar-refractivity contribution < 1.29 is 9.90 Å². The summed E-state index contributed by atoms with van der Waals surface area (Å²) in [6.45, 7) is 0.677. The molecule has 0 bridgehead atoms. The summed E-state index contributed by atoms with van der Waals surface area (Å²) in [5, 5.41) is 12.2. The Labute approximate surface area is 139 Å². The van der Waals surface area contributed by atoms with Gasteiger partial charge in [0.05, 0.1) is 17.6 Å². The van der Waals surface area contributed by atoms with E-state index in [2.05, 4.69) is 10.3 Å². The number of carbonyl (C=O) groups is 1. The van der Waals surface area contributed by atoms with Gasteiger partial charge in [0, 0.05) is 23.2 Å². The van der Waals surface area contributed by atoms with Gasteiger partial charge in [0.15, 0.2) is 0 Å². The van der Waals surface area contributed by atoms with Crippen molar-refractivity contribution in [2.24, 2.45) is 5.41 Å². The number of aliphatic hydroxyl groups is 1. The molecule has 1 heterocycles. The smallest absolute Gasteiger partial charge is 0.251 e. The summed E-state index contributed by atoms with van der Waals surface area (Å²) in [4.78, 5) is 16.6. The SMILES string of the molecule is O=C(NCC1(CO)CC1)c1ccc(-n2cnc3ccccc32)cc1. The first-order chi connectivity index (χ1) is 11.7.